The Balaban J connectivity index is 0.00000324. The lowest BCUT2D eigenvalue weighted by molar-refractivity contribution is -0.124. The first-order chi connectivity index (χ1) is 8.63. The molecule has 1 unspecified atom stereocenters. The number of nitrogens with one attached hydrogen (secondary N) is 2. The summed E-state index contributed by atoms with van der Waals surface area (Å²) >= 11 is 0. The Morgan fingerprint density at radius 3 is 2.58 bits per heavy atom. The molecule has 1 aromatic heterocycles. The predicted molar refractivity (Wildman–Crippen MR) is 77.4 cm³/mol. The molecule has 110 valence electrons. The fourth-order valence-electron chi connectivity index (χ4n) is 1.89. The minimum atomic E-state index is -0.0370. The largest absolute Gasteiger partial charge is 0.361 e. The van der Waals surface area contributed by atoms with Crippen LogP contribution in [0.2, 0.25) is 0 Å². The molecule has 0 saturated carbocycles. The second-order valence-electron chi connectivity index (χ2n) is 4.41. The third-order valence-corrected chi connectivity index (χ3v) is 3.00. The third kappa shape index (κ3) is 4.84. The van der Waals surface area contributed by atoms with E-state index in [0.29, 0.717) is 13.1 Å². The molecule has 6 heteroatoms. The van der Waals surface area contributed by atoms with Gasteiger partial charge in [-0.1, -0.05) is 25.9 Å². The van der Waals surface area contributed by atoms with E-state index in [9.17, 15) is 4.79 Å². The van der Waals surface area contributed by atoms with Crippen molar-refractivity contribution >= 4 is 18.3 Å². The lowest BCUT2D eigenvalue weighted by Crippen LogP contribution is -2.34. The van der Waals surface area contributed by atoms with Crippen LogP contribution in [0.1, 0.15) is 37.8 Å². The van der Waals surface area contributed by atoms with Crippen LogP contribution in [0.5, 0.6) is 0 Å². The van der Waals surface area contributed by atoms with Crippen LogP contribution in [-0.2, 0) is 24.2 Å². The minimum absolute atomic E-state index is 0. The summed E-state index contributed by atoms with van der Waals surface area (Å²) in [5.74, 6) is 0.882. The van der Waals surface area contributed by atoms with Crippen molar-refractivity contribution < 1.29 is 9.32 Å². The van der Waals surface area contributed by atoms with Crippen molar-refractivity contribution in [3.05, 3.63) is 17.0 Å². The normalized spacial score (nSPS) is 11.8. The minimum Gasteiger partial charge on any atom is -0.361 e. The molecule has 5 nitrogen and oxygen atoms in total. The van der Waals surface area contributed by atoms with Gasteiger partial charge in [0.1, 0.15) is 5.76 Å². The highest BCUT2D eigenvalue weighted by molar-refractivity contribution is 5.85. The number of hydrogen-bond acceptors (Lipinski definition) is 4. The maximum Gasteiger partial charge on any atom is 0.224 e. The molecular formula is C13H24ClN3O2. The van der Waals surface area contributed by atoms with Crippen LogP contribution < -0.4 is 10.6 Å². The molecule has 0 saturated heterocycles. The molecule has 0 aliphatic carbocycles. The molecular weight excluding hydrogens is 266 g/mol. The number of rotatable bonds is 7. The maximum absolute atomic E-state index is 11.8. The van der Waals surface area contributed by atoms with E-state index in [-0.39, 0.29) is 24.2 Å². The number of nitrogens with zero attached hydrogens (tertiary/aromatic N) is 1. The van der Waals surface area contributed by atoms with Gasteiger partial charge in [-0.25, -0.2) is 0 Å². The Kier molecular flexibility index (Phi) is 8.43. The molecule has 0 aromatic carbocycles. The monoisotopic (exact) mass is 289 g/mol. The number of carbonyl (C=O) groups is 1. The van der Waals surface area contributed by atoms with Gasteiger partial charge in [-0.2, -0.15) is 0 Å². The van der Waals surface area contributed by atoms with E-state index in [1.165, 1.54) is 0 Å². The van der Waals surface area contributed by atoms with Gasteiger partial charge >= 0.3 is 0 Å². The molecule has 0 aliphatic heterocycles. The lowest BCUT2D eigenvalue weighted by atomic mass is 10.1. The smallest absolute Gasteiger partial charge is 0.224 e. The number of aryl methyl sites for hydroxylation is 2. The standard InChI is InChI=1S/C13H23N3O2.ClH/c1-5-11-10(12(6-2)18-16-11)8-15-13(17)9(3)7-14-4;/h9,14H,5-8H2,1-4H3,(H,15,17);1H. The molecule has 1 rings (SSSR count). The van der Waals surface area contributed by atoms with Crippen LogP contribution in [-0.4, -0.2) is 24.7 Å². The zero-order valence-electron chi connectivity index (χ0n) is 12.1. The first kappa shape index (κ1) is 17.9. The molecule has 0 spiro atoms. The summed E-state index contributed by atoms with van der Waals surface area (Å²) in [5.41, 5.74) is 1.97. The molecule has 1 amide bonds. The second-order valence-corrected chi connectivity index (χ2v) is 4.41. The molecule has 0 aliphatic rings. The Labute approximate surface area is 120 Å². The third-order valence-electron chi connectivity index (χ3n) is 3.00. The molecule has 1 heterocycles. The van der Waals surface area contributed by atoms with Crippen LogP contribution in [0.15, 0.2) is 4.52 Å². The van der Waals surface area contributed by atoms with Crippen LogP contribution in [0, 0.1) is 5.92 Å². The van der Waals surface area contributed by atoms with Crippen molar-refractivity contribution in [2.75, 3.05) is 13.6 Å². The highest BCUT2D eigenvalue weighted by Crippen LogP contribution is 2.15. The van der Waals surface area contributed by atoms with Crippen LogP contribution in [0.25, 0.3) is 0 Å². The van der Waals surface area contributed by atoms with Crippen molar-refractivity contribution in [3.63, 3.8) is 0 Å². The van der Waals surface area contributed by atoms with Gasteiger partial charge in [0.05, 0.1) is 5.69 Å². The highest BCUT2D eigenvalue weighted by Gasteiger charge is 2.16. The Bertz CT molecular complexity index is 372. The van der Waals surface area contributed by atoms with Crippen molar-refractivity contribution in [2.45, 2.75) is 40.2 Å². The van der Waals surface area contributed by atoms with E-state index in [2.05, 4.69) is 15.8 Å². The predicted octanol–water partition coefficient (Wildman–Crippen LogP) is 1.69. The first-order valence-corrected chi connectivity index (χ1v) is 6.52. The maximum atomic E-state index is 11.8. The van der Waals surface area contributed by atoms with Gasteiger partial charge in [0.2, 0.25) is 5.91 Å². The van der Waals surface area contributed by atoms with Gasteiger partial charge < -0.3 is 15.2 Å². The lowest BCUT2D eigenvalue weighted by Gasteiger charge is -2.11. The Hall–Kier alpha value is -1.07. The van der Waals surface area contributed by atoms with E-state index < -0.39 is 0 Å². The van der Waals surface area contributed by atoms with Gasteiger partial charge in [0.15, 0.2) is 0 Å². The van der Waals surface area contributed by atoms with E-state index in [1.54, 1.807) is 0 Å². The Morgan fingerprint density at radius 1 is 1.37 bits per heavy atom. The van der Waals surface area contributed by atoms with Gasteiger partial charge in [0, 0.05) is 31.0 Å². The molecule has 1 atom stereocenters. The SMILES string of the molecule is CCc1noc(CC)c1CNC(=O)C(C)CNC.Cl. The molecule has 0 radical (unpaired) electrons. The number of carbonyl (C=O) groups excluding carboxylic acids is 1. The number of amides is 1. The first-order valence-electron chi connectivity index (χ1n) is 6.52. The highest BCUT2D eigenvalue weighted by atomic mass is 35.5. The summed E-state index contributed by atoms with van der Waals surface area (Å²) < 4.78 is 5.26. The summed E-state index contributed by atoms with van der Waals surface area (Å²) in [6.45, 7) is 7.14. The average molecular weight is 290 g/mol. The topological polar surface area (TPSA) is 67.2 Å². The summed E-state index contributed by atoms with van der Waals surface area (Å²) in [7, 11) is 1.84. The molecule has 19 heavy (non-hydrogen) atoms. The molecule has 2 N–H and O–H groups in total. The summed E-state index contributed by atoms with van der Waals surface area (Å²) in [5, 5.41) is 9.96. The van der Waals surface area contributed by atoms with Crippen LogP contribution in [0.3, 0.4) is 0 Å². The number of hydrogen-bond donors (Lipinski definition) is 2. The summed E-state index contributed by atoms with van der Waals surface area (Å²) in [6, 6.07) is 0. The van der Waals surface area contributed by atoms with Crippen LogP contribution >= 0.6 is 12.4 Å². The van der Waals surface area contributed by atoms with Crippen molar-refractivity contribution in [1.29, 1.82) is 0 Å². The van der Waals surface area contributed by atoms with Crippen molar-refractivity contribution in [3.8, 4) is 0 Å². The number of aromatic nitrogens is 1. The quantitative estimate of drug-likeness (QED) is 0.802. The van der Waals surface area contributed by atoms with Gasteiger partial charge in [-0.05, 0) is 13.5 Å². The van der Waals surface area contributed by atoms with Gasteiger partial charge in [-0.3, -0.25) is 4.79 Å². The summed E-state index contributed by atoms with van der Waals surface area (Å²) in [4.78, 5) is 11.8. The van der Waals surface area contributed by atoms with Crippen LogP contribution in [0.4, 0.5) is 0 Å². The van der Waals surface area contributed by atoms with Crippen molar-refractivity contribution in [1.82, 2.24) is 15.8 Å². The average Bonchev–Trinajstić information content (AvgIpc) is 2.78. The zero-order valence-corrected chi connectivity index (χ0v) is 12.9. The second kappa shape index (κ2) is 8.93. The molecule has 0 fully saturated rings. The molecule has 1 aromatic rings. The van der Waals surface area contributed by atoms with E-state index in [0.717, 1.165) is 29.9 Å². The fourth-order valence-corrected chi connectivity index (χ4v) is 1.89. The van der Waals surface area contributed by atoms with E-state index >= 15 is 0 Å². The Morgan fingerprint density at radius 2 is 2.05 bits per heavy atom. The summed E-state index contributed by atoms with van der Waals surface area (Å²) in [6.07, 6.45) is 1.62. The fraction of sp³-hybridized carbons (Fsp3) is 0.692. The van der Waals surface area contributed by atoms with Gasteiger partial charge in [0.25, 0.3) is 0 Å². The van der Waals surface area contributed by atoms with Gasteiger partial charge in [-0.15, -0.1) is 12.4 Å². The van der Waals surface area contributed by atoms with E-state index in [4.69, 9.17) is 4.52 Å². The zero-order chi connectivity index (χ0) is 13.5. The number of halogens is 1. The molecule has 0 bridgehead atoms. The van der Waals surface area contributed by atoms with Crippen molar-refractivity contribution in [2.24, 2.45) is 5.92 Å². The van der Waals surface area contributed by atoms with E-state index in [1.807, 2.05) is 27.8 Å².